The number of aromatic nitrogens is 2. The monoisotopic (exact) mass is 512 g/mol. The zero-order valence-electron chi connectivity index (χ0n) is 21.6. The van der Waals surface area contributed by atoms with Gasteiger partial charge in [0.15, 0.2) is 0 Å². The fourth-order valence-electron chi connectivity index (χ4n) is 4.20. The Morgan fingerprint density at radius 2 is 2.05 bits per heavy atom. The highest BCUT2D eigenvalue weighted by Gasteiger charge is 2.47. The highest BCUT2D eigenvalue weighted by atomic mass is 19.1. The molecule has 7 nitrogen and oxygen atoms in total. The molecule has 2 aromatic rings. The lowest BCUT2D eigenvalue weighted by Gasteiger charge is -2.35. The van der Waals surface area contributed by atoms with Gasteiger partial charge in [-0.15, -0.1) is 0 Å². The van der Waals surface area contributed by atoms with Gasteiger partial charge in [-0.25, -0.2) is 13.8 Å². The number of rotatable bonds is 7. The minimum atomic E-state index is -1.28. The topological polar surface area (TPSA) is 72.1 Å². The van der Waals surface area contributed by atoms with E-state index in [-0.39, 0.29) is 5.57 Å². The van der Waals surface area contributed by atoms with E-state index >= 15 is 0 Å². The highest BCUT2D eigenvalue weighted by molar-refractivity contribution is 5.84. The molecule has 198 valence electrons. The second-order valence-corrected chi connectivity index (χ2v) is 8.85. The average Bonchev–Trinajstić information content (AvgIpc) is 3.38. The number of oxime groups is 1. The van der Waals surface area contributed by atoms with Crippen molar-refractivity contribution in [3.8, 4) is 11.4 Å². The van der Waals surface area contributed by atoms with Crippen LogP contribution in [0.15, 0.2) is 78.4 Å². The molecule has 37 heavy (non-hydrogen) atoms. The molecule has 9 heteroatoms. The van der Waals surface area contributed by atoms with Crippen LogP contribution in [-0.2, 0) is 4.84 Å². The third-order valence-corrected chi connectivity index (χ3v) is 6.13. The minimum Gasteiger partial charge on any atom is -0.495 e. The first-order valence-corrected chi connectivity index (χ1v) is 12.1. The van der Waals surface area contributed by atoms with E-state index < -0.39 is 24.0 Å². The summed E-state index contributed by atoms with van der Waals surface area (Å²) in [5, 5.41) is 13.8. The van der Waals surface area contributed by atoms with Gasteiger partial charge in [-0.1, -0.05) is 36.9 Å². The van der Waals surface area contributed by atoms with Crippen molar-refractivity contribution < 1.29 is 23.5 Å². The minimum absolute atomic E-state index is 0.209. The molecular formula is C28H34F2N4O3. The zero-order valence-corrected chi connectivity index (χ0v) is 21.6. The van der Waals surface area contributed by atoms with Crippen LogP contribution in [0, 0.1) is 6.92 Å². The lowest BCUT2D eigenvalue weighted by molar-refractivity contribution is -0.0981. The fourth-order valence-corrected chi connectivity index (χ4v) is 4.20. The Morgan fingerprint density at radius 1 is 1.27 bits per heavy atom. The van der Waals surface area contributed by atoms with Gasteiger partial charge in [0.25, 0.3) is 5.72 Å². The van der Waals surface area contributed by atoms with Crippen LogP contribution in [0.4, 0.5) is 8.78 Å². The molecule has 0 saturated carbocycles. The summed E-state index contributed by atoms with van der Waals surface area (Å²) in [6.45, 7) is 10.9. The van der Waals surface area contributed by atoms with Gasteiger partial charge in [0.2, 0.25) is 0 Å². The number of allylic oxidation sites excluding steroid dienone is 3. The van der Waals surface area contributed by atoms with Crippen molar-refractivity contribution in [1.29, 1.82) is 0 Å². The van der Waals surface area contributed by atoms with Gasteiger partial charge in [0.05, 0.1) is 30.6 Å². The maximum atomic E-state index is 13.7. The van der Waals surface area contributed by atoms with Crippen molar-refractivity contribution in [2.75, 3.05) is 20.3 Å². The molecule has 4 rings (SSSR count). The number of hydrogen-bond donors (Lipinski definition) is 1. The van der Waals surface area contributed by atoms with E-state index in [0.29, 0.717) is 6.54 Å². The van der Waals surface area contributed by atoms with E-state index in [1.54, 1.807) is 19.5 Å². The molecular weight excluding hydrogens is 478 g/mol. The molecule has 0 spiro atoms. The van der Waals surface area contributed by atoms with Crippen LogP contribution < -0.4 is 4.74 Å². The summed E-state index contributed by atoms with van der Waals surface area (Å²) in [6.07, 6.45) is 11.1. The number of methoxy groups -OCH3 is 1. The maximum Gasteiger partial charge on any atom is 0.259 e. The molecule has 1 fully saturated rings. The second kappa shape index (κ2) is 12.5. The zero-order chi connectivity index (χ0) is 27.0. The number of aliphatic hydroxyl groups is 1. The van der Waals surface area contributed by atoms with E-state index in [0.717, 1.165) is 73.3 Å². The summed E-state index contributed by atoms with van der Waals surface area (Å²) in [7, 11) is 1.66. The molecule has 1 aromatic heterocycles. The van der Waals surface area contributed by atoms with Crippen molar-refractivity contribution >= 4 is 11.9 Å². The van der Waals surface area contributed by atoms with E-state index in [9.17, 15) is 13.9 Å². The first kappa shape index (κ1) is 27.9. The van der Waals surface area contributed by atoms with Crippen LogP contribution in [0.5, 0.6) is 5.75 Å². The molecule has 0 amide bonds. The first-order valence-electron chi connectivity index (χ1n) is 12.1. The second-order valence-electron chi connectivity index (χ2n) is 8.85. The summed E-state index contributed by atoms with van der Waals surface area (Å²) in [5.74, 6) is 0.136. The van der Waals surface area contributed by atoms with Crippen LogP contribution in [0.25, 0.3) is 11.8 Å². The number of imidazole rings is 1. The third kappa shape index (κ3) is 6.54. The summed E-state index contributed by atoms with van der Waals surface area (Å²) >= 11 is 0. The number of fused-ring (bicyclic) bond motifs is 1. The first-order chi connectivity index (χ1) is 17.7. The van der Waals surface area contributed by atoms with E-state index in [4.69, 9.17) is 9.57 Å². The van der Waals surface area contributed by atoms with Gasteiger partial charge >= 0.3 is 0 Å². The summed E-state index contributed by atoms with van der Waals surface area (Å²) in [6, 6.07) is 5.95. The van der Waals surface area contributed by atoms with Gasteiger partial charge in [-0.05, 0) is 50.5 Å². The average molecular weight is 513 g/mol. The standard InChI is InChI=1S/C15H20F2N2O2.C13H14N2O/c1-11(8-13(17)9-12(2)16)15(10-20)19-7-5-3-4-6-14(19)18-21-15;1-4-11-5-6-12(13(7-11)16-3)15-8-10(2)14-9-15/h8-9,20H,1,3-7,10H2,2H3;4-9H,1H2,2-3H3/b12-9+,13-8+;. The van der Waals surface area contributed by atoms with Crippen LogP contribution in [0.3, 0.4) is 0 Å². The quantitative estimate of drug-likeness (QED) is 0.460. The maximum absolute atomic E-state index is 13.7. The summed E-state index contributed by atoms with van der Waals surface area (Å²) < 4.78 is 33.7. The third-order valence-electron chi connectivity index (χ3n) is 6.13. The lowest BCUT2D eigenvalue weighted by Crippen LogP contribution is -2.52. The van der Waals surface area contributed by atoms with E-state index in [2.05, 4.69) is 23.3 Å². The van der Waals surface area contributed by atoms with Gasteiger partial charge < -0.3 is 24.1 Å². The Bertz CT molecular complexity index is 1210. The van der Waals surface area contributed by atoms with Gasteiger partial charge in [0.1, 0.15) is 24.0 Å². The summed E-state index contributed by atoms with van der Waals surface area (Å²) in [5.41, 5.74) is 1.93. The van der Waals surface area contributed by atoms with Gasteiger partial charge in [-0.3, -0.25) is 0 Å². The lowest BCUT2D eigenvalue weighted by atomic mass is 10.0. The van der Waals surface area contributed by atoms with E-state index in [1.165, 1.54) is 0 Å². The normalized spacial score (nSPS) is 19.6. The van der Waals surface area contributed by atoms with Gasteiger partial charge in [0, 0.05) is 30.8 Å². The molecule has 1 unspecified atom stereocenters. The van der Waals surface area contributed by atoms with E-state index in [1.807, 2.05) is 40.8 Å². The summed E-state index contributed by atoms with van der Waals surface area (Å²) in [4.78, 5) is 11.4. The Balaban J connectivity index is 0.000000213. The Kier molecular flexibility index (Phi) is 9.41. The molecule has 0 radical (unpaired) electrons. The fraction of sp³-hybridized carbons (Fsp3) is 0.357. The Morgan fingerprint density at radius 3 is 2.68 bits per heavy atom. The van der Waals surface area contributed by atoms with Crippen molar-refractivity contribution in [2.24, 2.45) is 5.16 Å². The predicted octanol–water partition coefficient (Wildman–Crippen LogP) is 6.01. The van der Waals surface area contributed by atoms with Crippen LogP contribution >= 0.6 is 0 Å². The number of ether oxygens (including phenoxy) is 1. The smallest absolute Gasteiger partial charge is 0.259 e. The largest absolute Gasteiger partial charge is 0.495 e. The molecule has 1 saturated heterocycles. The van der Waals surface area contributed by atoms with Crippen molar-refractivity contribution in [3.63, 3.8) is 0 Å². The molecule has 1 atom stereocenters. The Labute approximate surface area is 216 Å². The molecule has 2 aliphatic rings. The van der Waals surface area contributed by atoms with Crippen LogP contribution in [0.1, 0.15) is 43.9 Å². The van der Waals surface area contributed by atoms with Gasteiger partial charge in [-0.2, -0.15) is 0 Å². The number of nitrogens with zero attached hydrogens (tertiary/aromatic N) is 4. The van der Waals surface area contributed by atoms with Crippen LogP contribution in [-0.4, -0.2) is 51.4 Å². The van der Waals surface area contributed by atoms with Crippen molar-refractivity contribution in [2.45, 2.75) is 45.3 Å². The van der Waals surface area contributed by atoms with Crippen molar-refractivity contribution in [1.82, 2.24) is 14.5 Å². The molecule has 1 aromatic carbocycles. The molecule has 0 aliphatic carbocycles. The number of aliphatic hydroxyl groups excluding tert-OH is 1. The SMILES string of the molecule is C=C(/C=C(F)\C=C(/C)F)C1(CO)ON=C2CCCCCN21.C=Cc1ccc(-n2cnc(C)c2)c(OC)c1. The number of amidine groups is 1. The predicted molar refractivity (Wildman–Crippen MR) is 142 cm³/mol. The number of benzene rings is 1. The molecule has 1 N–H and O–H groups in total. The number of hydrogen-bond acceptors (Lipinski definition) is 6. The molecule has 0 bridgehead atoms. The number of aryl methyl sites for hydroxylation is 1. The van der Waals surface area contributed by atoms with Crippen molar-refractivity contribution in [3.05, 3.63) is 84.5 Å². The van der Waals surface area contributed by atoms with Crippen LogP contribution in [0.2, 0.25) is 0 Å². The Hall–Kier alpha value is -3.72. The number of halogens is 2. The molecule has 2 aliphatic heterocycles. The highest BCUT2D eigenvalue weighted by Crippen LogP contribution is 2.35. The molecule has 3 heterocycles.